The summed E-state index contributed by atoms with van der Waals surface area (Å²) in [7, 11) is 0. The van der Waals surface area contributed by atoms with Crippen LogP contribution in [0.3, 0.4) is 0 Å². The lowest BCUT2D eigenvalue weighted by molar-refractivity contribution is 0.633. The Bertz CT molecular complexity index is 372. The van der Waals surface area contributed by atoms with Crippen LogP contribution in [-0.4, -0.2) is 13.1 Å². The highest BCUT2D eigenvalue weighted by Gasteiger charge is 2.56. The average molecular weight is 216 g/mol. The van der Waals surface area contributed by atoms with Gasteiger partial charge in [-0.15, -0.1) is 0 Å². The molecule has 0 aliphatic heterocycles. The fraction of sp³-hybridized carbons (Fsp3) is 0.429. The Morgan fingerprint density at radius 2 is 2.19 bits per heavy atom. The van der Waals surface area contributed by atoms with Crippen molar-refractivity contribution in [1.29, 1.82) is 0 Å². The Morgan fingerprint density at radius 3 is 2.69 bits per heavy atom. The Kier molecular flexibility index (Phi) is 3.01. The van der Waals surface area contributed by atoms with Crippen molar-refractivity contribution < 1.29 is 0 Å². The Morgan fingerprint density at radius 1 is 1.50 bits per heavy atom. The third-order valence-electron chi connectivity index (χ3n) is 3.61. The van der Waals surface area contributed by atoms with Crippen molar-refractivity contribution in [2.24, 2.45) is 11.7 Å². The van der Waals surface area contributed by atoms with Gasteiger partial charge in [-0.2, -0.15) is 0 Å². The van der Waals surface area contributed by atoms with Crippen molar-refractivity contribution in [3.8, 4) is 0 Å². The first-order valence-electron chi connectivity index (χ1n) is 5.94. The molecule has 1 aliphatic rings. The second-order valence-corrected chi connectivity index (χ2v) is 4.48. The third-order valence-corrected chi connectivity index (χ3v) is 3.61. The van der Waals surface area contributed by atoms with Crippen molar-refractivity contribution in [3.05, 3.63) is 48.2 Å². The molecule has 0 spiro atoms. The fourth-order valence-electron chi connectivity index (χ4n) is 2.62. The first-order chi connectivity index (χ1) is 7.75. The highest BCUT2D eigenvalue weighted by atomic mass is 14.9. The number of rotatable bonds is 5. The minimum atomic E-state index is 0.0893. The summed E-state index contributed by atoms with van der Waals surface area (Å²) in [6.45, 7) is 7.94. The first-order valence-corrected chi connectivity index (χ1v) is 5.94. The molecule has 2 heteroatoms. The molecule has 0 radical (unpaired) electrons. The zero-order valence-electron chi connectivity index (χ0n) is 9.87. The van der Waals surface area contributed by atoms with E-state index in [1.165, 1.54) is 5.56 Å². The summed E-state index contributed by atoms with van der Waals surface area (Å²) >= 11 is 0. The summed E-state index contributed by atoms with van der Waals surface area (Å²) in [5, 5.41) is 3.36. The second kappa shape index (κ2) is 4.30. The molecule has 86 valence electrons. The monoisotopic (exact) mass is 216 g/mol. The molecular formula is C14H20N2. The second-order valence-electron chi connectivity index (χ2n) is 4.48. The van der Waals surface area contributed by atoms with Crippen molar-refractivity contribution in [3.63, 3.8) is 0 Å². The van der Waals surface area contributed by atoms with Crippen LogP contribution in [0.2, 0.25) is 0 Å². The standard InChI is InChI=1S/C14H20N2/c1-3-16-11(2)14(9-13(14)10-15)12-7-5-4-6-8-12/h4-8,13,16H,2-3,9-10,15H2,1H3. The quantitative estimate of drug-likeness (QED) is 0.790. The summed E-state index contributed by atoms with van der Waals surface area (Å²) in [5.74, 6) is 0.543. The van der Waals surface area contributed by atoms with Crippen LogP contribution in [0.25, 0.3) is 0 Å². The molecule has 1 aromatic rings. The zero-order valence-corrected chi connectivity index (χ0v) is 9.87. The van der Waals surface area contributed by atoms with E-state index in [0.29, 0.717) is 5.92 Å². The van der Waals surface area contributed by atoms with E-state index in [0.717, 1.165) is 25.2 Å². The number of nitrogens with one attached hydrogen (secondary N) is 1. The van der Waals surface area contributed by atoms with Crippen LogP contribution in [0.15, 0.2) is 42.6 Å². The largest absolute Gasteiger partial charge is 0.388 e. The molecule has 2 unspecified atom stereocenters. The molecular weight excluding hydrogens is 196 g/mol. The smallest absolute Gasteiger partial charge is 0.0388 e. The average Bonchev–Trinajstić information content (AvgIpc) is 3.06. The molecule has 1 saturated carbocycles. The summed E-state index contributed by atoms with van der Waals surface area (Å²) in [6.07, 6.45) is 1.12. The van der Waals surface area contributed by atoms with Gasteiger partial charge >= 0.3 is 0 Å². The number of hydrogen-bond donors (Lipinski definition) is 2. The molecule has 0 bridgehead atoms. The van der Waals surface area contributed by atoms with Gasteiger partial charge in [0, 0.05) is 17.7 Å². The summed E-state index contributed by atoms with van der Waals surface area (Å²) < 4.78 is 0. The van der Waals surface area contributed by atoms with E-state index < -0.39 is 0 Å². The van der Waals surface area contributed by atoms with E-state index >= 15 is 0 Å². The van der Waals surface area contributed by atoms with Crippen molar-refractivity contribution in [2.45, 2.75) is 18.8 Å². The molecule has 2 atom stereocenters. The van der Waals surface area contributed by atoms with Gasteiger partial charge < -0.3 is 11.1 Å². The summed E-state index contributed by atoms with van der Waals surface area (Å²) in [5.41, 5.74) is 8.37. The Balaban J connectivity index is 2.28. The molecule has 0 heterocycles. The number of nitrogens with two attached hydrogens (primary N) is 1. The van der Waals surface area contributed by atoms with E-state index in [9.17, 15) is 0 Å². The minimum absolute atomic E-state index is 0.0893. The molecule has 2 rings (SSSR count). The Labute approximate surface area is 97.5 Å². The van der Waals surface area contributed by atoms with Crippen molar-refractivity contribution in [2.75, 3.05) is 13.1 Å². The highest BCUT2D eigenvalue weighted by Crippen LogP contribution is 2.57. The summed E-state index contributed by atoms with van der Waals surface area (Å²) in [6, 6.07) is 10.6. The maximum atomic E-state index is 5.81. The van der Waals surface area contributed by atoms with E-state index in [1.54, 1.807) is 0 Å². The normalized spacial score (nSPS) is 27.5. The highest BCUT2D eigenvalue weighted by molar-refractivity contribution is 5.43. The Hall–Kier alpha value is -1.28. The lowest BCUT2D eigenvalue weighted by Gasteiger charge is -2.21. The van der Waals surface area contributed by atoms with Crippen molar-refractivity contribution >= 4 is 0 Å². The zero-order chi connectivity index (χ0) is 11.6. The van der Waals surface area contributed by atoms with Gasteiger partial charge in [-0.3, -0.25) is 0 Å². The maximum absolute atomic E-state index is 5.81. The van der Waals surface area contributed by atoms with E-state index in [1.807, 2.05) is 6.07 Å². The predicted molar refractivity (Wildman–Crippen MR) is 68.1 cm³/mol. The molecule has 16 heavy (non-hydrogen) atoms. The molecule has 3 N–H and O–H groups in total. The number of hydrogen-bond acceptors (Lipinski definition) is 2. The fourth-order valence-corrected chi connectivity index (χ4v) is 2.62. The van der Waals surface area contributed by atoms with E-state index in [4.69, 9.17) is 5.73 Å². The molecule has 1 aromatic carbocycles. The minimum Gasteiger partial charge on any atom is -0.388 e. The molecule has 1 aliphatic carbocycles. The van der Waals surface area contributed by atoms with E-state index in [-0.39, 0.29) is 5.41 Å². The van der Waals surface area contributed by atoms with Gasteiger partial charge in [-0.25, -0.2) is 0 Å². The van der Waals surface area contributed by atoms with Crippen molar-refractivity contribution in [1.82, 2.24) is 5.32 Å². The molecule has 0 aromatic heterocycles. The maximum Gasteiger partial charge on any atom is 0.0388 e. The topological polar surface area (TPSA) is 38.0 Å². The third kappa shape index (κ3) is 1.63. The van der Waals surface area contributed by atoms with Gasteiger partial charge in [0.05, 0.1) is 0 Å². The molecule has 0 amide bonds. The van der Waals surface area contributed by atoms with Crippen LogP contribution in [-0.2, 0) is 5.41 Å². The van der Waals surface area contributed by atoms with Crippen LogP contribution in [0.1, 0.15) is 18.9 Å². The number of likely N-dealkylation sites (N-methyl/N-ethyl adjacent to an activating group) is 1. The van der Waals surface area contributed by atoms with Crippen LogP contribution >= 0.6 is 0 Å². The van der Waals surface area contributed by atoms with Crippen LogP contribution in [0.4, 0.5) is 0 Å². The van der Waals surface area contributed by atoms with Gasteiger partial charge in [0.15, 0.2) is 0 Å². The van der Waals surface area contributed by atoms with Crippen LogP contribution < -0.4 is 11.1 Å². The number of allylic oxidation sites excluding steroid dienone is 1. The van der Waals surface area contributed by atoms with Gasteiger partial charge in [-0.1, -0.05) is 36.9 Å². The molecule has 0 saturated heterocycles. The lowest BCUT2D eigenvalue weighted by atomic mass is 9.90. The van der Waals surface area contributed by atoms with Gasteiger partial charge in [0.25, 0.3) is 0 Å². The SMILES string of the molecule is C=C(NCC)C1(c2ccccc2)CC1CN. The van der Waals surface area contributed by atoms with Gasteiger partial charge in [0.1, 0.15) is 0 Å². The number of benzene rings is 1. The first kappa shape index (κ1) is 11.2. The predicted octanol–water partition coefficient (Wildman–Crippen LogP) is 2.03. The summed E-state index contributed by atoms with van der Waals surface area (Å²) in [4.78, 5) is 0. The van der Waals surface area contributed by atoms with E-state index in [2.05, 4.69) is 43.1 Å². The molecule has 1 fully saturated rings. The molecule has 2 nitrogen and oxygen atoms in total. The van der Waals surface area contributed by atoms with Gasteiger partial charge in [-0.05, 0) is 31.4 Å². The lowest BCUT2D eigenvalue weighted by Crippen LogP contribution is -2.26. The van der Waals surface area contributed by atoms with Gasteiger partial charge in [0.2, 0.25) is 0 Å². The van der Waals surface area contributed by atoms with Crippen LogP contribution in [0, 0.1) is 5.92 Å². The van der Waals surface area contributed by atoms with Crippen LogP contribution in [0.5, 0.6) is 0 Å².